The van der Waals surface area contributed by atoms with Crippen LogP contribution in [0.25, 0.3) is 11.0 Å². The second-order valence-electron chi connectivity index (χ2n) is 13.3. The molecule has 1 unspecified atom stereocenters. The molecule has 6 atom stereocenters. The lowest BCUT2D eigenvalue weighted by atomic mass is 9.73. The van der Waals surface area contributed by atoms with Gasteiger partial charge in [0.1, 0.15) is 29.6 Å². The standard InChI is InChI=1S/C36H42N6O6/c1-5-35-17-9-20-40(24-13-15-25(16-14-24)47-6-2)32(44)29(35)30-33(45)42(28(21-43)23(3)4)31-34(46)39(19-10-18-36(30,31)48-35)22-41-27-12-8-7-11-26(27)37-38-41/h7-18,23,28-31,43H,5-6,19-22H2,1-4H3/t28-,29+,30-,31?,35-,36-/m0/s1. The van der Waals surface area contributed by atoms with E-state index in [1.807, 2.05) is 101 Å². The number of amides is 3. The lowest BCUT2D eigenvalue weighted by Crippen LogP contribution is -2.60. The fourth-order valence-corrected chi connectivity index (χ4v) is 8.16. The van der Waals surface area contributed by atoms with Crippen LogP contribution >= 0.6 is 0 Å². The fourth-order valence-electron chi connectivity index (χ4n) is 8.16. The Morgan fingerprint density at radius 1 is 0.958 bits per heavy atom. The number of hydrogen-bond donors (Lipinski definition) is 1. The topological polar surface area (TPSA) is 130 Å². The van der Waals surface area contributed by atoms with Crippen LogP contribution in [0.15, 0.2) is 72.8 Å². The largest absolute Gasteiger partial charge is 0.494 e. The number of aliphatic hydroxyl groups is 1. The van der Waals surface area contributed by atoms with E-state index in [4.69, 9.17) is 9.47 Å². The molecule has 2 saturated heterocycles. The van der Waals surface area contributed by atoms with Gasteiger partial charge in [0.05, 0.1) is 42.2 Å². The van der Waals surface area contributed by atoms with Gasteiger partial charge in [-0.1, -0.05) is 62.4 Å². The number of nitrogens with zero attached hydrogens (tertiary/aromatic N) is 6. The number of carbonyl (C=O) groups is 3. The molecule has 252 valence electrons. The Labute approximate surface area is 279 Å². The van der Waals surface area contributed by atoms with E-state index in [2.05, 4.69) is 10.3 Å². The number of ether oxygens (including phenoxy) is 2. The van der Waals surface area contributed by atoms with E-state index < -0.39 is 35.1 Å². The number of benzene rings is 2. The lowest BCUT2D eigenvalue weighted by Gasteiger charge is -2.41. The minimum atomic E-state index is -1.45. The Morgan fingerprint density at radius 2 is 1.71 bits per heavy atom. The molecule has 3 amide bonds. The Hall–Kier alpha value is -4.55. The Balaban J connectivity index is 1.32. The molecule has 12 nitrogen and oxygen atoms in total. The van der Waals surface area contributed by atoms with Crippen molar-refractivity contribution < 1.29 is 29.0 Å². The van der Waals surface area contributed by atoms with Gasteiger partial charge in [0, 0.05) is 18.8 Å². The number of aromatic nitrogens is 3. The van der Waals surface area contributed by atoms with Gasteiger partial charge in [0.25, 0.3) is 5.91 Å². The van der Waals surface area contributed by atoms with Crippen LogP contribution in [0.3, 0.4) is 0 Å². The number of rotatable bonds is 9. The lowest BCUT2D eigenvalue weighted by molar-refractivity contribution is -0.157. The molecule has 7 rings (SSSR count). The fraction of sp³-hybridized carbons (Fsp3) is 0.472. The molecule has 12 heteroatoms. The number of likely N-dealkylation sites (tertiary alicyclic amines) is 1. The van der Waals surface area contributed by atoms with Crippen LogP contribution < -0.4 is 9.64 Å². The highest BCUT2D eigenvalue weighted by Gasteiger charge is 2.76. The maximum absolute atomic E-state index is 14.9. The molecule has 2 fully saturated rings. The highest BCUT2D eigenvalue weighted by atomic mass is 16.5. The molecular formula is C36H42N6O6. The third kappa shape index (κ3) is 4.75. The Kier molecular flexibility index (Phi) is 8.11. The van der Waals surface area contributed by atoms with E-state index in [9.17, 15) is 19.5 Å². The minimum absolute atomic E-state index is 0.0983. The summed E-state index contributed by atoms with van der Waals surface area (Å²) in [5, 5.41) is 19.2. The van der Waals surface area contributed by atoms with Crippen LogP contribution in [0.5, 0.6) is 5.75 Å². The van der Waals surface area contributed by atoms with Gasteiger partial charge in [-0.25, -0.2) is 4.68 Å². The van der Waals surface area contributed by atoms with Crippen LogP contribution in [0.2, 0.25) is 0 Å². The predicted molar refractivity (Wildman–Crippen MR) is 178 cm³/mol. The third-order valence-corrected chi connectivity index (χ3v) is 10.5. The third-order valence-electron chi connectivity index (χ3n) is 10.5. The first-order chi connectivity index (χ1) is 23.2. The number of carbonyl (C=O) groups excluding carboxylic acids is 3. The Bertz CT molecular complexity index is 1790. The van der Waals surface area contributed by atoms with Crippen molar-refractivity contribution in [1.29, 1.82) is 0 Å². The van der Waals surface area contributed by atoms with E-state index in [0.29, 0.717) is 36.5 Å². The van der Waals surface area contributed by atoms with Gasteiger partial charge in [-0.05, 0) is 55.7 Å². The summed E-state index contributed by atoms with van der Waals surface area (Å²) in [6.45, 7) is 8.50. The number of hydrogen-bond acceptors (Lipinski definition) is 8. The van der Waals surface area contributed by atoms with Gasteiger partial charge in [-0.3, -0.25) is 14.4 Å². The molecule has 1 spiro atoms. The van der Waals surface area contributed by atoms with Crippen molar-refractivity contribution in [3.05, 3.63) is 72.8 Å². The monoisotopic (exact) mass is 654 g/mol. The molecular weight excluding hydrogens is 612 g/mol. The summed E-state index contributed by atoms with van der Waals surface area (Å²) in [6, 6.07) is 13.1. The van der Waals surface area contributed by atoms with Gasteiger partial charge >= 0.3 is 0 Å². The highest BCUT2D eigenvalue weighted by molar-refractivity contribution is 6.04. The smallest absolute Gasteiger partial charge is 0.250 e. The zero-order valence-electron chi connectivity index (χ0n) is 27.7. The zero-order valence-corrected chi connectivity index (χ0v) is 27.7. The van der Waals surface area contributed by atoms with E-state index in [-0.39, 0.29) is 43.5 Å². The van der Waals surface area contributed by atoms with Crippen molar-refractivity contribution in [2.24, 2.45) is 17.8 Å². The number of fused-ring (bicyclic) bond motifs is 3. The normalized spacial score (nSPS) is 28.9. The van der Waals surface area contributed by atoms with Crippen LogP contribution in [0, 0.1) is 17.8 Å². The average molecular weight is 655 g/mol. The summed E-state index contributed by atoms with van der Waals surface area (Å²) in [5.74, 6) is -2.34. The van der Waals surface area contributed by atoms with Gasteiger partial charge in [-0.15, -0.1) is 5.10 Å². The van der Waals surface area contributed by atoms with Gasteiger partial charge in [0.15, 0.2) is 0 Å². The van der Waals surface area contributed by atoms with Crippen LogP contribution in [0.4, 0.5) is 5.69 Å². The summed E-state index contributed by atoms with van der Waals surface area (Å²) in [4.78, 5) is 49.5. The first-order valence-corrected chi connectivity index (χ1v) is 16.8. The van der Waals surface area contributed by atoms with E-state index in [0.717, 1.165) is 5.52 Å². The Morgan fingerprint density at radius 3 is 2.42 bits per heavy atom. The molecule has 0 bridgehead atoms. The highest BCUT2D eigenvalue weighted by Crippen LogP contribution is 2.59. The van der Waals surface area contributed by atoms with E-state index in [1.165, 1.54) is 4.90 Å². The summed E-state index contributed by atoms with van der Waals surface area (Å²) in [5.41, 5.74) is -0.422. The maximum Gasteiger partial charge on any atom is 0.250 e. The molecule has 2 aromatic carbocycles. The molecule has 48 heavy (non-hydrogen) atoms. The van der Waals surface area contributed by atoms with Crippen LogP contribution in [-0.2, 0) is 25.8 Å². The van der Waals surface area contributed by atoms with Crippen LogP contribution in [-0.4, -0.2) is 97.2 Å². The second kappa shape index (κ2) is 12.2. The average Bonchev–Trinajstić information content (AvgIpc) is 3.62. The summed E-state index contributed by atoms with van der Waals surface area (Å²) < 4.78 is 14.4. The quantitative estimate of drug-likeness (QED) is 0.349. The van der Waals surface area contributed by atoms with Gasteiger partial charge < -0.3 is 29.3 Å². The molecule has 5 heterocycles. The zero-order chi connectivity index (χ0) is 33.8. The van der Waals surface area contributed by atoms with Crippen molar-refractivity contribution in [3.8, 4) is 5.75 Å². The van der Waals surface area contributed by atoms with Crippen molar-refractivity contribution in [1.82, 2.24) is 24.8 Å². The number of aliphatic hydroxyl groups excluding tert-OH is 1. The first-order valence-electron chi connectivity index (χ1n) is 16.8. The van der Waals surface area contributed by atoms with Crippen molar-refractivity contribution >= 4 is 34.4 Å². The van der Waals surface area contributed by atoms with Crippen molar-refractivity contribution in [3.63, 3.8) is 0 Å². The van der Waals surface area contributed by atoms with Crippen molar-refractivity contribution in [2.45, 2.75) is 64.1 Å². The molecule has 0 radical (unpaired) electrons. The summed E-state index contributed by atoms with van der Waals surface area (Å²) in [6.07, 6.45) is 7.94. The van der Waals surface area contributed by atoms with E-state index >= 15 is 0 Å². The van der Waals surface area contributed by atoms with Gasteiger partial charge in [-0.2, -0.15) is 0 Å². The minimum Gasteiger partial charge on any atom is -0.494 e. The molecule has 4 aliphatic rings. The number of para-hydroxylation sites is 1. The molecule has 0 aliphatic carbocycles. The maximum atomic E-state index is 14.9. The van der Waals surface area contributed by atoms with Gasteiger partial charge in [0.2, 0.25) is 11.8 Å². The van der Waals surface area contributed by atoms with Crippen LogP contribution in [0.1, 0.15) is 34.1 Å². The van der Waals surface area contributed by atoms with Crippen molar-refractivity contribution in [2.75, 3.05) is 31.2 Å². The summed E-state index contributed by atoms with van der Waals surface area (Å²) in [7, 11) is 0. The summed E-state index contributed by atoms with van der Waals surface area (Å²) >= 11 is 0. The van der Waals surface area contributed by atoms with E-state index in [1.54, 1.807) is 14.5 Å². The molecule has 1 aromatic heterocycles. The first kappa shape index (κ1) is 32.0. The molecule has 3 aromatic rings. The predicted octanol–water partition coefficient (Wildman–Crippen LogP) is 3.17. The molecule has 0 saturated carbocycles. The molecule has 1 N–H and O–H groups in total. The SMILES string of the molecule is CCOc1ccc(N2CC=C[C@]3(CC)O[C@]45C=CCN(Cn6nnc7ccccc76)C(=O)C4N([C@@H](CO)C(C)C)C(=O)[C@@H]5[C@@H]3C2=O)cc1. The molecule has 4 aliphatic heterocycles. The second-order valence-corrected chi connectivity index (χ2v) is 13.3. The number of anilines is 1.